The fourth-order valence-electron chi connectivity index (χ4n) is 4.44. The second-order valence-corrected chi connectivity index (χ2v) is 8.15. The second kappa shape index (κ2) is 9.32. The zero-order chi connectivity index (χ0) is 21.8. The molecule has 1 aliphatic rings. The molecule has 1 fully saturated rings. The smallest absolute Gasteiger partial charge is 0.252 e. The molecule has 32 heavy (non-hydrogen) atoms. The van der Waals surface area contributed by atoms with Crippen LogP contribution in [0.5, 0.6) is 0 Å². The van der Waals surface area contributed by atoms with Crippen LogP contribution in [0.25, 0.3) is 22.2 Å². The van der Waals surface area contributed by atoms with Crippen LogP contribution in [-0.2, 0) is 0 Å². The summed E-state index contributed by atoms with van der Waals surface area (Å²) in [5.74, 6) is 0.789. The Kier molecular flexibility index (Phi) is 5.94. The molecule has 4 heterocycles. The predicted molar refractivity (Wildman–Crippen MR) is 124 cm³/mol. The number of carbonyl (C=O) groups is 1. The van der Waals surface area contributed by atoms with Crippen molar-refractivity contribution < 1.29 is 9.21 Å². The van der Waals surface area contributed by atoms with Gasteiger partial charge in [-0.3, -0.25) is 14.7 Å². The SMILES string of the molecule is O=C(NCC(c1ccco1)N1CCCCC1)c1cc(-c2ccncc2)nc2ccccc12. The van der Waals surface area contributed by atoms with Gasteiger partial charge in [0, 0.05) is 29.9 Å². The highest BCUT2D eigenvalue weighted by Crippen LogP contribution is 2.27. The summed E-state index contributed by atoms with van der Waals surface area (Å²) in [7, 11) is 0. The van der Waals surface area contributed by atoms with Crippen molar-refractivity contribution in [2.75, 3.05) is 19.6 Å². The quantitative estimate of drug-likeness (QED) is 0.477. The van der Waals surface area contributed by atoms with Gasteiger partial charge >= 0.3 is 0 Å². The zero-order valence-electron chi connectivity index (χ0n) is 17.9. The summed E-state index contributed by atoms with van der Waals surface area (Å²) in [5.41, 5.74) is 3.11. The average molecular weight is 427 g/mol. The molecular weight excluding hydrogens is 400 g/mol. The number of likely N-dealkylation sites (tertiary alicyclic amines) is 1. The molecule has 3 aromatic heterocycles. The van der Waals surface area contributed by atoms with Crippen molar-refractivity contribution in [3.63, 3.8) is 0 Å². The number of aromatic nitrogens is 2. The number of hydrogen-bond acceptors (Lipinski definition) is 5. The molecule has 0 spiro atoms. The molecule has 162 valence electrons. The van der Waals surface area contributed by atoms with E-state index in [1.54, 1.807) is 18.7 Å². The third kappa shape index (κ3) is 4.27. The lowest BCUT2D eigenvalue weighted by Crippen LogP contribution is -2.40. The maximum atomic E-state index is 13.4. The fourth-order valence-corrected chi connectivity index (χ4v) is 4.44. The molecule has 0 bridgehead atoms. The van der Waals surface area contributed by atoms with Gasteiger partial charge in [-0.25, -0.2) is 4.98 Å². The lowest BCUT2D eigenvalue weighted by molar-refractivity contribution is 0.0915. The minimum absolute atomic E-state index is 0.0296. The monoisotopic (exact) mass is 426 g/mol. The Balaban J connectivity index is 1.44. The van der Waals surface area contributed by atoms with Gasteiger partial charge in [0.2, 0.25) is 0 Å². The maximum absolute atomic E-state index is 13.4. The van der Waals surface area contributed by atoms with E-state index in [1.807, 2.05) is 54.6 Å². The number of furan rings is 1. The Morgan fingerprint density at radius 3 is 2.62 bits per heavy atom. The second-order valence-electron chi connectivity index (χ2n) is 8.15. The largest absolute Gasteiger partial charge is 0.468 e. The van der Waals surface area contributed by atoms with Crippen LogP contribution in [0.2, 0.25) is 0 Å². The molecular formula is C26H26N4O2. The lowest BCUT2D eigenvalue weighted by atomic mass is 10.0. The van der Waals surface area contributed by atoms with Crippen LogP contribution in [-0.4, -0.2) is 40.4 Å². The molecule has 1 saturated heterocycles. The minimum Gasteiger partial charge on any atom is -0.468 e. The lowest BCUT2D eigenvalue weighted by Gasteiger charge is -2.33. The number of nitrogens with zero attached hydrogens (tertiary/aromatic N) is 3. The first-order valence-corrected chi connectivity index (χ1v) is 11.2. The van der Waals surface area contributed by atoms with Crippen LogP contribution in [0.15, 0.2) is 77.7 Å². The van der Waals surface area contributed by atoms with Gasteiger partial charge in [0.15, 0.2) is 0 Å². The Morgan fingerprint density at radius 2 is 1.84 bits per heavy atom. The summed E-state index contributed by atoms with van der Waals surface area (Å²) in [6, 6.07) is 17.4. The molecule has 1 N–H and O–H groups in total. The van der Waals surface area contributed by atoms with Crippen molar-refractivity contribution in [1.82, 2.24) is 20.2 Å². The highest BCUT2D eigenvalue weighted by Gasteiger charge is 2.25. The third-order valence-corrected chi connectivity index (χ3v) is 6.10. The Hall–Kier alpha value is -3.51. The molecule has 5 rings (SSSR count). The molecule has 1 atom stereocenters. The van der Waals surface area contributed by atoms with Crippen LogP contribution in [0, 0.1) is 0 Å². The van der Waals surface area contributed by atoms with Crippen LogP contribution in [0.4, 0.5) is 0 Å². The van der Waals surface area contributed by atoms with Gasteiger partial charge < -0.3 is 9.73 Å². The first-order valence-electron chi connectivity index (χ1n) is 11.2. The van der Waals surface area contributed by atoms with Crippen LogP contribution in [0.1, 0.15) is 41.4 Å². The topological polar surface area (TPSA) is 71.3 Å². The average Bonchev–Trinajstić information content (AvgIpc) is 3.39. The molecule has 0 aliphatic carbocycles. The number of hydrogen-bond donors (Lipinski definition) is 1. The summed E-state index contributed by atoms with van der Waals surface area (Å²) < 4.78 is 5.73. The normalized spacial score (nSPS) is 15.5. The van der Waals surface area contributed by atoms with E-state index in [-0.39, 0.29) is 11.9 Å². The van der Waals surface area contributed by atoms with E-state index in [0.29, 0.717) is 12.1 Å². The zero-order valence-corrected chi connectivity index (χ0v) is 17.9. The van der Waals surface area contributed by atoms with Crippen molar-refractivity contribution >= 4 is 16.8 Å². The molecule has 0 radical (unpaired) electrons. The van der Waals surface area contributed by atoms with E-state index in [9.17, 15) is 4.79 Å². The number of fused-ring (bicyclic) bond motifs is 1. The summed E-state index contributed by atoms with van der Waals surface area (Å²) in [6.45, 7) is 2.53. The number of carbonyl (C=O) groups excluding carboxylic acids is 1. The van der Waals surface area contributed by atoms with Gasteiger partial charge in [0.05, 0.1) is 29.1 Å². The van der Waals surface area contributed by atoms with Gasteiger partial charge in [0.25, 0.3) is 5.91 Å². The fraction of sp³-hybridized carbons (Fsp3) is 0.269. The van der Waals surface area contributed by atoms with Crippen molar-refractivity contribution in [2.24, 2.45) is 0 Å². The molecule has 1 unspecified atom stereocenters. The first-order chi connectivity index (χ1) is 15.8. The predicted octanol–water partition coefficient (Wildman–Crippen LogP) is 4.85. The molecule has 0 saturated carbocycles. The number of rotatable bonds is 6. The van der Waals surface area contributed by atoms with Crippen molar-refractivity contribution in [1.29, 1.82) is 0 Å². The minimum atomic E-state index is -0.104. The van der Waals surface area contributed by atoms with Gasteiger partial charge in [-0.2, -0.15) is 0 Å². The van der Waals surface area contributed by atoms with Gasteiger partial charge in [0.1, 0.15) is 5.76 Å². The van der Waals surface area contributed by atoms with Crippen molar-refractivity contribution in [2.45, 2.75) is 25.3 Å². The summed E-state index contributed by atoms with van der Waals surface area (Å²) in [6.07, 6.45) is 8.78. The van der Waals surface area contributed by atoms with E-state index < -0.39 is 0 Å². The number of nitrogens with one attached hydrogen (secondary N) is 1. The van der Waals surface area contributed by atoms with Crippen LogP contribution < -0.4 is 5.32 Å². The molecule has 6 heteroatoms. The standard InChI is InChI=1S/C26H26N4O2/c31-26(28-18-24(25-9-6-16-32-25)30-14-4-1-5-15-30)21-17-23(19-10-12-27-13-11-19)29-22-8-3-2-7-20(21)22/h2-3,6-13,16-17,24H,1,4-5,14-15,18H2,(H,28,31). The Bertz CT molecular complexity index is 1190. The number of amides is 1. The molecule has 1 aromatic carbocycles. The van der Waals surface area contributed by atoms with Crippen molar-refractivity contribution in [3.8, 4) is 11.3 Å². The number of para-hydroxylation sites is 1. The highest BCUT2D eigenvalue weighted by molar-refractivity contribution is 6.07. The molecule has 4 aromatic rings. The van der Waals surface area contributed by atoms with E-state index in [2.05, 4.69) is 15.2 Å². The summed E-state index contributed by atoms with van der Waals surface area (Å²) in [4.78, 5) is 24.7. The summed E-state index contributed by atoms with van der Waals surface area (Å²) in [5, 5.41) is 4.02. The molecule has 6 nitrogen and oxygen atoms in total. The Morgan fingerprint density at radius 1 is 1.03 bits per heavy atom. The molecule has 1 amide bonds. The van der Waals surface area contributed by atoms with Crippen molar-refractivity contribution in [3.05, 3.63) is 84.6 Å². The first kappa shape index (κ1) is 20.4. The highest BCUT2D eigenvalue weighted by atomic mass is 16.3. The van der Waals surface area contributed by atoms with E-state index >= 15 is 0 Å². The maximum Gasteiger partial charge on any atom is 0.252 e. The van der Waals surface area contributed by atoms with Gasteiger partial charge in [-0.15, -0.1) is 0 Å². The third-order valence-electron chi connectivity index (χ3n) is 6.10. The van der Waals surface area contributed by atoms with Gasteiger partial charge in [-0.05, 0) is 62.3 Å². The number of benzene rings is 1. The van der Waals surface area contributed by atoms with Crippen LogP contribution in [0.3, 0.4) is 0 Å². The summed E-state index contributed by atoms with van der Waals surface area (Å²) >= 11 is 0. The molecule has 1 aliphatic heterocycles. The van der Waals surface area contributed by atoms with E-state index in [1.165, 1.54) is 19.3 Å². The van der Waals surface area contributed by atoms with Gasteiger partial charge in [-0.1, -0.05) is 24.6 Å². The Labute approximate surface area is 187 Å². The van der Waals surface area contributed by atoms with E-state index in [0.717, 1.165) is 41.0 Å². The number of piperidine rings is 1. The van der Waals surface area contributed by atoms with Crippen LogP contribution >= 0.6 is 0 Å². The number of pyridine rings is 2. The van der Waals surface area contributed by atoms with E-state index in [4.69, 9.17) is 9.40 Å².